The number of amides is 1. The second-order valence-electron chi connectivity index (χ2n) is 7.33. The van der Waals surface area contributed by atoms with E-state index in [2.05, 4.69) is 41.1 Å². The standard InChI is InChI=1S/C20H23N5O3S2.ClH/c1-13-3-4-15-18(14(13)2)22-20(30-15)24-11-9-23(10-12-24)8-7-21-19(26)16-5-6-17(29-16)25(27)28;/h3-6H,7-12H2,1-2H3,(H,21,26);1H. The first kappa shape index (κ1) is 23.4. The number of nitro groups is 1. The van der Waals surface area contributed by atoms with Crippen LogP contribution >= 0.6 is 35.1 Å². The number of piperazine rings is 1. The van der Waals surface area contributed by atoms with Crippen LogP contribution < -0.4 is 10.2 Å². The van der Waals surface area contributed by atoms with Crippen LogP contribution in [-0.4, -0.2) is 60.0 Å². The van der Waals surface area contributed by atoms with Crippen LogP contribution in [0.2, 0.25) is 0 Å². The highest BCUT2D eigenvalue weighted by atomic mass is 35.5. The summed E-state index contributed by atoms with van der Waals surface area (Å²) in [5.74, 6) is -0.258. The molecule has 0 saturated carbocycles. The van der Waals surface area contributed by atoms with Crippen molar-refractivity contribution in [3.05, 3.63) is 50.4 Å². The van der Waals surface area contributed by atoms with Gasteiger partial charge in [0, 0.05) is 45.3 Å². The molecule has 1 aliphatic heterocycles. The minimum absolute atomic E-state index is 0. The van der Waals surface area contributed by atoms with Gasteiger partial charge in [-0.15, -0.1) is 12.4 Å². The molecular formula is C20H24ClN5O3S2. The quantitative estimate of drug-likeness (QED) is 0.424. The number of hydrogen-bond donors (Lipinski definition) is 1. The summed E-state index contributed by atoms with van der Waals surface area (Å²) in [5.41, 5.74) is 3.62. The van der Waals surface area contributed by atoms with Crippen LogP contribution in [0.3, 0.4) is 0 Å². The summed E-state index contributed by atoms with van der Waals surface area (Å²) >= 11 is 2.64. The van der Waals surface area contributed by atoms with Crippen molar-refractivity contribution in [2.45, 2.75) is 13.8 Å². The molecule has 0 aliphatic carbocycles. The van der Waals surface area contributed by atoms with Crippen LogP contribution in [0, 0.1) is 24.0 Å². The number of aromatic nitrogens is 1. The Kier molecular flexibility index (Phi) is 7.47. The van der Waals surface area contributed by atoms with Gasteiger partial charge in [0.15, 0.2) is 5.13 Å². The number of aryl methyl sites for hydroxylation is 2. The van der Waals surface area contributed by atoms with Gasteiger partial charge in [0.05, 0.1) is 20.0 Å². The molecule has 1 aliphatic rings. The number of carbonyl (C=O) groups is 1. The highest BCUT2D eigenvalue weighted by molar-refractivity contribution is 7.22. The summed E-state index contributed by atoms with van der Waals surface area (Å²) in [5, 5.41) is 14.7. The van der Waals surface area contributed by atoms with Gasteiger partial charge in [-0.05, 0) is 37.1 Å². The van der Waals surface area contributed by atoms with E-state index in [9.17, 15) is 14.9 Å². The average Bonchev–Trinajstić information content (AvgIpc) is 3.39. The summed E-state index contributed by atoms with van der Waals surface area (Å²) in [6.07, 6.45) is 0. The van der Waals surface area contributed by atoms with E-state index in [-0.39, 0.29) is 23.3 Å². The number of rotatable bonds is 6. The van der Waals surface area contributed by atoms with E-state index in [0.717, 1.165) is 54.7 Å². The van der Waals surface area contributed by atoms with Gasteiger partial charge in [-0.25, -0.2) is 4.98 Å². The van der Waals surface area contributed by atoms with Crippen LogP contribution in [0.1, 0.15) is 20.8 Å². The maximum atomic E-state index is 12.1. The summed E-state index contributed by atoms with van der Waals surface area (Å²) in [6.45, 7) is 9.15. The first-order valence-electron chi connectivity index (χ1n) is 9.79. The molecule has 1 aromatic carbocycles. The zero-order valence-electron chi connectivity index (χ0n) is 17.3. The van der Waals surface area contributed by atoms with Crippen LogP contribution in [-0.2, 0) is 0 Å². The minimum Gasteiger partial charge on any atom is -0.350 e. The summed E-state index contributed by atoms with van der Waals surface area (Å²) in [6, 6.07) is 7.17. The molecule has 0 atom stereocenters. The number of carbonyl (C=O) groups excluding carboxylic acids is 1. The average molecular weight is 482 g/mol. The number of thiophene rings is 1. The van der Waals surface area contributed by atoms with E-state index in [1.807, 2.05) is 0 Å². The SMILES string of the molecule is Cc1ccc2sc(N3CCN(CCNC(=O)c4ccc([N+](=O)[O-])s4)CC3)nc2c1C.Cl. The number of anilines is 1. The van der Waals surface area contributed by atoms with Gasteiger partial charge in [0.2, 0.25) is 0 Å². The van der Waals surface area contributed by atoms with Crippen LogP contribution in [0.5, 0.6) is 0 Å². The van der Waals surface area contributed by atoms with Gasteiger partial charge < -0.3 is 10.2 Å². The zero-order chi connectivity index (χ0) is 21.3. The van der Waals surface area contributed by atoms with Gasteiger partial charge in [0.1, 0.15) is 0 Å². The van der Waals surface area contributed by atoms with Gasteiger partial charge >= 0.3 is 5.00 Å². The van der Waals surface area contributed by atoms with Crippen molar-refractivity contribution < 1.29 is 9.72 Å². The molecule has 1 amide bonds. The smallest absolute Gasteiger partial charge is 0.324 e. The molecule has 2 aromatic heterocycles. The van der Waals surface area contributed by atoms with Gasteiger partial charge in [0.25, 0.3) is 5.91 Å². The molecule has 8 nitrogen and oxygen atoms in total. The lowest BCUT2D eigenvalue weighted by Crippen LogP contribution is -2.48. The van der Waals surface area contributed by atoms with Crippen molar-refractivity contribution in [1.82, 2.24) is 15.2 Å². The second-order valence-corrected chi connectivity index (χ2v) is 9.40. The molecule has 166 valence electrons. The van der Waals surface area contributed by atoms with Crippen molar-refractivity contribution in [1.29, 1.82) is 0 Å². The minimum atomic E-state index is -0.477. The Bertz CT molecular complexity index is 1090. The fraction of sp³-hybridized carbons (Fsp3) is 0.400. The van der Waals surface area contributed by atoms with Crippen molar-refractivity contribution in [3.63, 3.8) is 0 Å². The summed E-state index contributed by atoms with van der Waals surface area (Å²) in [4.78, 5) is 32.3. The van der Waals surface area contributed by atoms with Gasteiger partial charge in [-0.2, -0.15) is 0 Å². The Morgan fingerprint density at radius 2 is 1.90 bits per heavy atom. The monoisotopic (exact) mass is 481 g/mol. The molecule has 31 heavy (non-hydrogen) atoms. The molecular weight excluding hydrogens is 458 g/mol. The van der Waals surface area contributed by atoms with Crippen molar-refractivity contribution in [2.75, 3.05) is 44.2 Å². The molecule has 3 aromatic rings. The maximum Gasteiger partial charge on any atom is 0.324 e. The molecule has 11 heteroatoms. The fourth-order valence-corrected chi connectivity index (χ4v) is 5.29. The van der Waals surface area contributed by atoms with E-state index in [0.29, 0.717) is 11.4 Å². The summed E-state index contributed by atoms with van der Waals surface area (Å²) < 4.78 is 1.23. The molecule has 1 saturated heterocycles. The lowest BCUT2D eigenvalue weighted by molar-refractivity contribution is -0.380. The summed E-state index contributed by atoms with van der Waals surface area (Å²) in [7, 11) is 0. The first-order valence-corrected chi connectivity index (χ1v) is 11.4. The Morgan fingerprint density at radius 3 is 2.58 bits per heavy atom. The van der Waals surface area contributed by atoms with Crippen LogP contribution in [0.15, 0.2) is 24.3 Å². The van der Waals surface area contributed by atoms with E-state index in [1.165, 1.54) is 28.0 Å². The third kappa shape index (κ3) is 5.15. The Labute approximate surface area is 194 Å². The number of nitrogens with zero attached hydrogens (tertiary/aromatic N) is 4. The number of benzene rings is 1. The van der Waals surface area contributed by atoms with Crippen molar-refractivity contribution in [3.8, 4) is 0 Å². The Hall–Kier alpha value is -2.27. The number of nitrogens with one attached hydrogen (secondary N) is 1. The largest absolute Gasteiger partial charge is 0.350 e. The lowest BCUT2D eigenvalue weighted by Gasteiger charge is -2.34. The highest BCUT2D eigenvalue weighted by Gasteiger charge is 2.21. The number of halogens is 1. The molecule has 3 heterocycles. The predicted octanol–water partition coefficient (Wildman–Crippen LogP) is 3.86. The van der Waals surface area contributed by atoms with Crippen molar-refractivity contribution >= 4 is 61.3 Å². The van der Waals surface area contributed by atoms with Crippen LogP contribution in [0.4, 0.5) is 10.1 Å². The van der Waals surface area contributed by atoms with Gasteiger partial charge in [-0.1, -0.05) is 28.7 Å². The third-order valence-corrected chi connectivity index (χ3v) is 7.54. The highest BCUT2D eigenvalue weighted by Crippen LogP contribution is 2.32. The second kappa shape index (κ2) is 9.90. The number of thiazole rings is 1. The topological polar surface area (TPSA) is 91.6 Å². The number of hydrogen-bond acceptors (Lipinski definition) is 8. The fourth-order valence-electron chi connectivity index (χ4n) is 3.47. The lowest BCUT2D eigenvalue weighted by atomic mass is 10.1. The Morgan fingerprint density at radius 1 is 1.16 bits per heavy atom. The molecule has 1 fully saturated rings. The maximum absolute atomic E-state index is 12.1. The predicted molar refractivity (Wildman–Crippen MR) is 128 cm³/mol. The normalized spacial score (nSPS) is 14.5. The van der Waals surface area contributed by atoms with E-state index in [1.54, 1.807) is 11.3 Å². The number of fused-ring (bicyclic) bond motifs is 1. The molecule has 1 N–H and O–H groups in total. The van der Waals surface area contributed by atoms with Crippen molar-refractivity contribution in [2.24, 2.45) is 0 Å². The molecule has 0 radical (unpaired) electrons. The van der Waals surface area contributed by atoms with E-state index >= 15 is 0 Å². The molecule has 0 bridgehead atoms. The molecule has 4 rings (SSSR count). The van der Waals surface area contributed by atoms with Gasteiger partial charge in [-0.3, -0.25) is 19.8 Å². The van der Waals surface area contributed by atoms with E-state index in [4.69, 9.17) is 4.98 Å². The molecule has 0 spiro atoms. The zero-order valence-corrected chi connectivity index (χ0v) is 19.7. The Balaban J connectivity index is 0.00000272. The third-order valence-electron chi connectivity index (χ3n) is 5.43. The van der Waals surface area contributed by atoms with Crippen LogP contribution in [0.25, 0.3) is 10.2 Å². The van der Waals surface area contributed by atoms with E-state index < -0.39 is 4.92 Å². The first-order chi connectivity index (χ1) is 14.4. The molecule has 0 unspecified atom stereocenters.